The molecule has 0 fully saturated rings. The van der Waals surface area contributed by atoms with Crippen molar-refractivity contribution >= 4 is 17.3 Å². The van der Waals surface area contributed by atoms with Crippen molar-refractivity contribution < 1.29 is 4.42 Å². The quantitative estimate of drug-likeness (QED) is 0.749. The number of nitrogens with two attached hydrogens (primary N) is 1. The summed E-state index contributed by atoms with van der Waals surface area (Å²) in [6, 6.07) is 10.4. The van der Waals surface area contributed by atoms with Gasteiger partial charge in [-0.05, 0) is 30.3 Å². The summed E-state index contributed by atoms with van der Waals surface area (Å²) in [6.45, 7) is 0. The van der Waals surface area contributed by atoms with Crippen molar-refractivity contribution in [1.82, 2.24) is 0 Å². The SMILES string of the molecule is N#Cc1ccc(-c2ccc(N)cc2Cl)o1. The summed E-state index contributed by atoms with van der Waals surface area (Å²) >= 11 is 5.99. The molecule has 4 heteroatoms. The van der Waals surface area contributed by atoms with Gasteiger partial charge in [-0.2, -0.15) is 5.26 Å². The molecule has 0 aliphatic heterocycles. The first-order chi connectivity index (χ1) is 7.20. The first-order valence-electron chi connectivity index (χ1n) is 4.26. The Hall–Kier alpha value is -1.92. The van der Waals surface area contributed by atoms with E-state index in [2.05, 4.69) is 0 Å². The van der Waals surface area contributed by atoms with E-state index in [0.717, 1.165) is 5.56 Å². The van der Waals surface area contributed by atoms with Gasteiger partial charge in [0.25, 0.3) is 0 Å². The summed E-state index contributed by atoms with van der Waals surface area (Å²) in [6.07, 6.45) is 0. The van der Waals surface area contributed by atoms with Gasteiger partial charge in [0.15, 0.2) is 0 Å². The molecular formula is C11H7ClN2O. The van der Waals surface area contributed by atoms with Crippen LogP contribution in [0.1, 0.15) is 5.76 Å². The predicted octanol–water partition coefficient (Wildman–Crippen LogP) is 3.05. The molecule has 2 N–H and O–H groups in total. The maximum Gasteiger partial charge on any atom is 0.204 e. The van der Waals surface area contributed by atoms with Crippen LogP contribution in [-0.2, 0) is 0 Å². The zero-order valence-electron chi connectivity index (χ0n) is 7.70. The Bertz CT molecular complexity index is 540. The van der Waals surface area contributed by atoms with Crippen LogP contribution in [0.3, 0.4) is 0 Å². The van der Waals surface area contributed by atoms with Crippen LogP contribution < -0.4 is 5.73 Å². The number of nitrogen functional groups attached to an aromatic ring is 1. The molecule has 3 nitrogen and oxygen atoms in total. The van der Waals surface area contributed by atoms with E-state index in [9.17, 15) is 0 Å². The van der Waals surface area contributed by atoms with Crippen LogP contribution in [0.4, 0.5) is 5.69 Å². The standard InChI is InChI=1S/C11H7ClN2O/c12-10-5-7(14)1-3-9(10)11-4-2-8(6-13)15-11/h1-5H,14H2. The Balaban J connectivity index is 2.50. The van der Waals surface area contributed by atoms with Gasteiger partial charge in [0.1, 0.15) is 11.8 Å². The predicted molar refractivity (Wildman–Crippen MR) is 58.3 cm³/mol. The summed E-state index contributed by atoms with van der Waals surface area (Å²) in [5.74, 6) is 0.828. The molecule has 74 valence electrons. The lowest BCUT2D eigenvalue weighted by Crippen LogP contribution is -1.84. The number of hydrogen-bond donors (Lipinski definition) is 1. The van der Waals surface area contributed by atoms with Gasteiger partial charge in [-0.25, -0.2) is 0 Å². The molecule has 0 radical (unpaired) electrons. The van der Waals surface area contributed by atoms with Gasteiger partial charge in [0.2, 0.25) is 5.76 Å². The highest BCUT2D eigenvalue weighted by Crippen LogP contribution is 2.30. The maximum absolute atomic E-state index is 8.61. The highest BCUT2D eigenvalue weighted by molar-refractivity contribution is 6.33. The van der Waals surface area contributed by atoms with Gasteiger partial charge < -0.3 is 10.2 Å². The molecule has 2 aromatic rings. The number of halogens is 1. The summed E-state index contributed by atoms with van der Waals surface area (Å²) in [4.78, 5) is 0. The van der Waals surface area contributed by atoms with E-state index in [-0.39, 0.29) is 5.76 Å². The largest absolute Gasteiger partial charge is 0.446 e. The normalized spacial score (nSPS) is 9.87. The summed E-state index contributed by atoms with van der Waals surface area (Å²) in [5.41, 5.74) is 6.89. The minimum atomic E-state index is 0.262. The third-order valence-electron chi connectivity index (χ3n) is 1.97. The smallest absolute Gasteiger partial charge is 0.204 e. The minimum absolute atomic E-state index is 0.262. The number of hydrogen-bond acceptors (Lipinski definition) is 3. The number of rotatable bonds is 1. The first kappa shape index (κ1) is 9.63. The average Bonchev–Trinajstić information content (AvgIpc) is 2.66. The second kappa shape index (κ2) is 3.68. The molecule has 0 aliphatic rings. The molecule has 0 atom stereocenters. The van der Waals surface area contributed by atoms with E-state index in [0.29, 0.717) is 16.5 Å². The van der Waals surface area contributed by atoms with E-state index in [1.54, 1.807) is 30.3 Å². The van der Waals surface area contributed by atoms with Crippen LogP contribution in [0.15, 0.2) is 34.7 Å². The molecule has 0 aliphatic carbocycles. The van der Waals surface area contributed by atoms with Crippen LogP contribution >= 0.6 is 11.6 Å². The third-order valence-corrected chi connectivity index (χ3v) is 2.29. The van der Waals surface area contributed by atoms with Crippen LogP contribution in [0.5, 0.6) is 0 Å². The molecule has 0 unspecified atom stereocenters. The van der Waals surface area contributed by atoms with E-state index >= 15 is 0 Å². The number of nitrogens with zero attached hydrogens (tertiary/aromatic N) is 1. The summed E-state index contributed by atoms with van der Waals surface area (Å²) in [5, 5.41) is 9.12. The second-order valence-corrected chi connectivity index (χ2v) is 3.42. The second-order valence-electron chi connectivity index (χ2n) is 3.01. The molecule has 0 spiro atoms. The minimum Gasteiger partial charge on any atom is -0.446 e. The molecular weight excluding hydrogens is 212 g/mol. The van der Waals surface area contributed by atoms with Crippen molar-refractivity contribution in [2.24, 2.45) is 0 Å². The van der Waals surface area contributed by atoms with E-state index in [1.165, 1.54) is 0 Å². The molecule has 1 heterocycles. The van der Waals surface area contributed by atoms with Crippen LogP contribution in [0, 0.1) is 11.3 Å². The molecule has 15 heavy (non-hydrogen) atoms. The maximum atomic E-state index is 8.61. The first-order valence-corrected chi connectivity index (χ1v) is 4.64. The lowest BCUT2D eigenvalue weighted by atomic mass is 10.1. The Labute approximate surface area is 91.7 Å². The number of anilines is 1. The highest BCUT2D eigenvalue weighted by Gasteiger charge is 2.08. The van der Waals surface area contributed by atoms with Crippen molar-refractivity contribution in [3.8, 4) is 17.4 Å². The third kappa shape index (κ3) is 1.80. The van der Waals surface area contributed by atoms with Gasteiger partial charge in [-0.1, -0.05) is 11.6 Å². The summed E-state index contributed by atoms with van der Waals surface area (Å²) in [7, 11) is 0. The van der Waals surface area contributed by atoms with Crippen molar-refractivity contribution in [2.45, 2.75) is 0 Å². The fourth-order valence-corrected chi connectivity index (χ4v) is 1.56. The van der Waals surface area contributed by atoms with Crippen molar-refractivity contribution in [1.29, 1.82) is 5.26 Å². The number of nitriles is 1. The Kier molecular flexibility index (Phi) is 2.36. The van der Waals surface area contributed by atoms with Crippen LogP contribution in [0.25, 0.3) is 11.3 Å². The van der Waals surface area contributed by atoms with Gasteiger partial charge in [0.05, 0.1) is 5.02 Å². The number of furan rings is 1. The van der Waals surface area contributed by atoms with Crippen LogP contribution in [-0.4, -0.2) is 0 Å². The zero-order valence-corrected chi connectivity index (χ0v) is 8.45. The lowest BCUT2D eigenvalue weighted by molar-refractivity contribution is 0.567. The van der Waals surface area contributed by atoms with Crippen molar-refractivity contribution in [3.63, 3.8) is 0 Å². The van der Waals surface area contributed by atoms with Crippen molar-refractivity contribution in [3.05, 3.63) is 41.1 Å². The molecule has 0 amide bonds. The summed E-state index contributed by atoms with van der Waals surface area (Å²) < 4.78 is 5.25. The fraction of sp³-hybridized carbons (Fsp3) is 0. The topological polar surface area (TPSA) is 63.0 Å². The number of benzene rings is 1. The van der Waals surface area contributed by atoms with Gasteiger partial charge in [-0.15, -0.1) is 0 Å². The Morgan fingerprint density at radius 3 is 2.67 bits per heavy atom. The molecule has 0 saturated heterocycles. The lowest BCUT2D eigenvalue weighted by Gasteiger charge is -2.01. The van der Waals surface area contributed by atoms with E-state index < -0.39 is 0 Å². The fourth-order valence-electron chi connectivity index (χ4n) is 1.27. The zero-order chi connectivity index (χ0) is 10.8. The Morgan fingerprint density at radius 2 is 2.07 bits per heavy atom. The monoisotopic (exact) mass is 218 g/mol. The Morgan fingerprint density at radius 1 is 1.27 bits per heavy atom. The van der Waals surface area contributed by atoms with Crippen molar-refractivity contribution in [2.75, 3.05) is 5.73 Å². The van der Waals surface area contributed by atoms with E-state index in [1.807, 2.05) is 6.07 Å². The van der Waals surface area contributed by atoms with E-state index in [4.69, 9.17) is 27.0 Å². The molecule has 1 aromatic heterocycles. The molecule has 0 bridgehead atoms. The van der Waals surface area contributed by atoms with Crippen LogP contribution in [0.2, 0.25) is 5.02 Å². The molecule has 1 aromatic carbocycles. The molecule has 2 rings (SSSR count). The van der Waals surface area contributed by atoms with Gasteiger partial charge >= 0.3 is 0 Å². The van der Waals surface area contributed by atoms with Gasteiger partial charge in [0, 0.05) is 11.3 Å². The highest BCUT2D eigenvalue weighted by atomic mass is 35.5. The average molecular weight is 219 g/mol. The van der Waals surface area contributed by atoms with Gasteiger partial charge in [-0.3, -0.25) is 0 Å². The molecule has 0 saturated carbocycles.